The van der Waals surface area contributed by atoms with Gasteiger partial charge in [-0.2, -0.15) is 0 Å². The summed E-state index contributed by atoms with van der Waals surface area (Å²) >= 11 is 0. The van der Waals surface area contributed by atoms with Gasteiger partial charge in [0.05, 0.1) is 7.11 Å². The predicted molar refractivity (Wildman–Crippen MR) is 159 cm³/mol. The topological polar surface area (TPSA) is 74.3 Å². The number of benzene rings is 1. The van der Waals surface area contributed by atoms with Crippen molar-refractivity contribution in [2.45, 2.75) is 97.1 Å². The number of fused-ring (bicyclic) bond motifs is 7. The smallest absolute Gasteiger partial charge is 0.302 e. The third kappa shape index (κ3) is 4.23. The molecule has 0 radical (unpaired) electrons. The minimum absolute atomic E-state index is 0.0174. The van der Waals surface area contributed by atoms with E-state index in [1.807, 2.05) is 0 Å². The molecule has 1 aromatic carbocycles. The van der Waals surface area contributed by atoms with Crippen LogP contribution in [0.3, 0.4) is 0 Å². The summed E-state index contributed by atoms with van der Waals surface area (Å²) in [4.78, 5) is 28.3. The van der Waals surface area contributed by atoms with Crippen LogP contribution < -0.4 is 14.2 Å². The van der Waals surface area contributed by atoms with Crippen LogP contribution in [0.1, 0.15) is 95.7 Å². The Hall–Kier alpha value is -2.54. The molecule has 8 atom stereocenters. The molecular formula is C35H47NO6. The van der Waals surface area contributed by atoms with Gasteiger partial charge < -0.3 is 18.9 Å². The third-order valence-electron chi connectivity index (χ3n) is 12.7. The van der Waals surface area contributed by atoms with Gasteiger partial charge in [0.25, 0.3) is 0 Å². The van der Waals surface area contributed by atoms with E-state index in [9.17, 15) is 9.59 Å². The van der Waals surface area contributed by atoms with Crippen molar-refractivity contribution < 1.29 is 28.5 Å². The Morgan fingerprint density at radius 1 is 1.10 bits per heavy atom. The predicted octanol–water partition coefficient (Wildman–Crippen LogP) is 6.42. The van der Waals surface area contributed by atoms with Gasteiger partial charge in [-0.1, -0.05) is 25.5 Å². The minimum Gasteiger partial charge on any atom is -0.492 e. The molecular weight excluding hydrogens is 530 g/mol. The Kier molecular flexibility index (Phi) is 6.91. The van der Waals surface area contributed by atoms with E-state index in [1.54, 1.807) is 7.11 Å². The van der Waals surface area contributed by atoms with Crippen molar-refractivity contribution in [3.05, 3.63) is 28.8 Å². The van der Waals surface area contributed by atoms with Gasteiger partial charge in [0.2, 0.25) is 12.5 Å². The molecule has 7 nitrogen and oxygen atoms in total. The molecule has 228 valence electrons. The fourth-order valence-electron chi connectivity index (χ4n) is 10.6. The van der Waals surface area contributed by atoms with Crippen molar-refractivity contribution in [3.8, 4) is 17.2 Å². The van der Waals surface area contributed by atoms with Gasteiger partial charge in [0.15, 0.2) is 11.5 Å². The van der Waals surface area contributed by atoms with E-state index in [0.717, 1.165) is 75.0 Å². The van der Waals surface area contributed by atoms with Crippen LogP contribution in [0.15, 0.2) is 17.7 Å². The van der Waals surface area contributed by atoms with Gasteiger partial charge >= 0.3 is 5.97 Å². The van der Waals surface area contributed by atoms with Gasteiger partial charge in [-0.15, -0.1) is 0 Å². The molecule has 2 heterocycles. The van der Waals surface area contributed by atoms with Crippen LogP contribution in [0, 0.1) is 34.5 Å². The van der Waals surface area contributed by atoms with Crippen molar-refractivity contribution in [1.82, 2.24) is 4.90 Å². The van der Waals surface area contributed by atoms with Crippen LogP contribution >= 0.6 is 0 Å². The maximum atomic E-state index is 14.4. The average Bonchev–Trinajstić information content (AvgIpc) is 3.57. The summed E-state index contributed by atoms with van der Waals surface area (Å²) in [5.41, 5.74) is 4.09. The van der Waals surface area contributed by atoms with Crippen molar-refractivity contribution in [2.24, 2.45) is 34.5 Å². The first-order valence-corrected chi connectivity index (χ1v) is 16.2. The Labute approximate surface area is 250 Å². The number of rotatable bonds is 5. The highest BCUT2D eigenvalue weighted by atomic mass is 16.7. The number of carbonyl (C=O) groups excluding carboxylic acids is 2. The Bertz CT molecular complexity index is 1320. The maximum Gasteiger partial charge on any atom is 0.302 e. The summed E-state index contributed by atoms with van der Waals surface area (Å²) in [5, 5.41) is 0. The number of hydrogen-bond acceptors (Lipinski definition) is 7. The second kappa shape index (κ2) is 10.3. The van der Waals surface area contributed by atoms with Gasteiger partial charge in [0.1, 0.15) is 11.9 Å². The SMILES string of the molecule is COc1c2c(cc3c1[C@H](CC(=O)[C@@H]1CC[C@@H]4[C@@H]5CC=C6C[C@@H](OC(C)=O)CC[C@]6(C)[C@H]5CC[C@@]41C)N(C)CC3)OCO2. The molecule has 4 aliphatic carbocycles. The van der Waals surface area contributed by atoms with Crippen LogP contribution in [0.2, 0.25) is 0 Å². The number of ketones is 1. The second-order valence-corrected chi connectivity index (χ2v) is 14.5. The number of Topliss-reactive ketones (excluding diaryl/α,β-unsaturated/α-hetero) is 1. The minimum atomic E-state index is -0.166. The highest BCUT2D eigenvalue weighted by Crippen LogP contribution is 2.66. The quantitative estimate of drug-likeness (QED) is 0.295. The van der Waals surface area contributed by atoms with Crippen LogP contribution in [0.4, 0.5) is 0 Å². The molecule has 7 rings (SSSR count). The number of allylic oxidation sites excluding steroid dienone is 1. The summed E-state index contributed by atoms with van der Waals surface area (Å²) in [6.07, 6.45) is 12.5. The molecule has 0 spiro atoms. The van der Waals surface area contributed by atoms with E-state index < -0.39 is 0 Å². The monoisotopic (exact) mass is 577 g/mol. The van der Waals surface area contributed by atoms with Gasteiger partial charge in [-0.3, -0.25) is 14.5 Å². The van der Waals surface area contributed by atoms with E-state index in [0.29, 0.717) is 35.7 Å². The lowest BCUT2D eigenvalue weighted by atomic mass is 9.47. The number of nitrogens with zero attached hydrogens (tertiary/aromatic N) is 1. The van der Waals surface area contributed by atoms with Crippen LogP contribution in [-0.4, -0.2) is 50.3 Å². The Morgan fingerprint density at radius 2 is 1.93 bits per heavy atom. The number of ether oxygens (including phenoxy) is 4. The average molecular weight is 578 g/mol. The summed E-state index contributed by atoms with van der Waals surface area (Å²) in [6.45, 7) is 7.57. The highest BCUT2D eigenvalue weighted by Gasteiger charge is 2.60. The van der Waals surface area contributed by atoms with E-state index >= 15 is 0 Å². The van der Waals surface area contributed by atoms with Crippen molar-refractivity contribution in [2.75, 3.05) is 27.5 Å². The lowest BCUT2D eigenvalue weighted by Gasteiger charge is -2.58. The zero-order chi connectivity index (χ0) is 29.4. The van der Waals surface area contributed by atoms with E-state index in [4.69, 9.17) is 18.9 Å². The van der Waals surface area contributed by atoms with Crippen molar-refractivity contribution >= 4 is 11.8 Å². The first-order valence-electron chi connectivity index (χ1n) is 16.2. The number of methoxy groups -OCH3 is 1. The number of carbonyl (C=O) groups is 2. The van der Waals surface area contributed by atoms with Crippen molar-refractivity contribution in [1.29, 1.82) is 0 Å². The Morgan fingerprint density at radius 3 is 2.71 bits per heavy atom. The molecule has 0 N–H and O–H groups in total. The zero-order valence-corrected chi connectivity index (χ0v) is 26.0. The van der Waals surface area contributed by atoms with E-state index in [-0.39, 0.29) is 41.7 Å². The van der Waals surface area contributed by atoms with Gasteiger partial charge in [-0.05, 0) is 98.6 Å². The molecule has 3 saturated carbocycles. The number of likely N-dealkylation sites (N-methyl/N-ethyl adjacent to an activating group) is 1. The molecule has 2 aliphatic heterocycles. The lowest BCUT2D eigenvalue weighted by Crippen LogP contribution is -2.51. The van der Waals surface area contributed by atoms with Crippen LogP contribution in [0.25, 0.3) is 0 Å². The molecule has 6 aliphatic rings. The second-order valence-electron chi connectivity index (χ2n) is 14.5. The normalized spacial score (nSPS) is 38.5. The largest absolute Gasteiger partial charge is 0.492 e. The fourth-order valence-corrected chi connectivity index (χ4v) is 10.6. The van der Waals surface area contributed by atoms with Gasteiger partial charge in [-0.25, -0.2) is 0 Å². The molecule has 0 bridgehead atoms. The molecule has 0 unspecified atom stereocenters. The number of hydrogen-bond donors (Lipinski definition) is 0. The highest BCUT2D eigenvalue weighted by molar-refractivity contribution is 5.83. The molecule has 7 heteroatoms. The first-order chi connectivity index (χ1) is 20.1. The molecule has 0 saturated heterocycles. The first kappa shape index (κ1) is 28.2. The van der Waals surface area contributed by atoms with E-state index in [2.05, 4.69) is 37.9 Å². The molecule has 0 aromatic heterocycles. The standard InChI is InChI=1S/C35H47NO6/c1-20(37)42-23-10-13-34(2)22(17-23)6-7-24-25-8-9-27(35(25,3)14-11-26(24)34)29(38)18-28-31-21(12-15-36(28)4)16-30-32(33(31)39-5)41-19-40-30/h6,16,23-28H,7-15,17-19H2,1-5H3/t23-,24-,25+,26-,27-,28-,34-,35-/m0/s1. The van der Waals surface area contributed by atoms with Crippen LogP contribution in [-0.2, 0) is 20.7 Å². The Balaban J connectivity index is 1.11. The molecule has 3 fully saturated rings. The summed E-state index contributed by atoms with van der Waals surface area (Å²) < 4.78 is 23.0. The third-order valence-corrected chi connectivity index (χ3v) is 12.7. The molecule has 1 aromatic rings. The van der Waals surface area contributed by atoms with E-state index in [1.165, 1.54) is 24.5 Å². The zero-order valence-electron chi connectivity index (χ0n) is 26.0. The lowest BCUT2D eigenvalue weighted by molar-refractivity contribution is -0.149. The maximum absolute atomic E-state index is 14.4. The fraction of sp³-hybridized carbons (Fsp3) is 0.714. The summed E-state index contributed by atoms with van der Waals surface area (Å²) in [5.74, 6) is 4.42. The summed E-state index contributed by atoms with van der Waals surface area (Å²) in [6, 6.07) is 2.08. The summed E-state index contributed by atoms with van der Waals surface area (Å²) in [7, 11) is 3.83. The van der Waals surface area contributed by atoms with Gasteiger partial charge in [0, 0.05) is 43.8 Å². The van der Waals surface area contributed by atoms with Crippen LogP contribution in [0.5, 0.6) is 17.2 Å². The molecule has 42 heavy (non-hydrogen) atoms. The molecule has 0 amide bonds. The number of esters is 1. The van der Waals surface area contributed by atoms with Crippen molar-refractivity contribution in [3.63, 3.8) is 0 Å².